The molecule has 0 spiro atoms. The number of hydrogen-bond acceptors (Lipinski definition) is 3. The number of nitriles is 1. The summed E-state index contributed by atoms with van der Waals surface area (Å²) in [6, 6.07) is 6.74. The first kappa shape index (κ1) is 11.0. The number of rotatable bonds is 2. The molecule has 18 heavy (non-hydrogen) atoms. The minimum atomic E-state index is -0.645. The van der Waals surface area contributed by atoms with Gasteiger partial charge in [-0.3, -0.25) is 4.90 Å². The van der Waals surface area contributed by atoms with Gasteiger partial charge in [0, 0.05) is 5.56 Å². The normalized spacial score (nSPS) is 20.4. The Morgan fingerprint density at radius 3 is 2.72 bits per heavy atom. The van der Waals surface area contributed by atoms with Crippen molar-refractivity contribution in [2.45, 2.75) is 18.3 Å². The molecule has 1 saturated heterocycles. The Bertz CT molecular complexity index is 561. The quantitative estimate of drug-likeness (QED) is 0.804. The lowest BCUT2D eigenvalue weighted by atomic mass is 9.97. The van der Waals surface area contributed by atoms with Crippen LogP contribution in [0.5, 0.6) is 0 Å². The van der Waals surface area contributed by atoms with Crippen molar-refractivity contribution in [1.82, 2.24) is 0 Å². The van der Waals surface area contributed by atoms with Gasteiger partial charge < -0.3 is 4.74 Å². The van der Waals surface area contributed by atoms with Gasteiger partial charge in [0.15, 0.2) is 0 Å². The fraction of sp³-hybridized carbons (Fsp3) is 0.385. The fourth-order valence-electron chi connectivity index (χ4n) is 2.25. The highest BCUT2D eigenvalue weighted by molar-refractivity contribution is 5.89. The van der Waals surface area contributed by atoms with Crippen LogP contribution in [-0.2, 0) is 10.2 Å². The van der Waals surface area contributed by atoms with Crippen LogP contribution in [0.2, 0.25) is 0 Å². The summed E-state index contributed by atoms with van der Waals surface area (Å²) < 4.78 is 18.8. The third kappa shape index (κ3) is 1.53. The first-order chi connectivity index (χ1) is 8.66. The van der Waals surface area contributed by atoms with Crippen molar-refractivity contribution in [3.05, 3.63) is 29.6 Å². The van der Waals surface area contributed by atoms with Crippen LogP contribution >= 0.6 is 0 Å². The van der Waals surface area contributed by atoms with Crippen LogP contribution in [0.3, 0.4) is 0 Å². The van der Waals surface area contributed by atoms with E-state index in [1.54, 1.807) is 12.1 Å². The second kappa shape index (κ2) is 3.70. The highest BCUT2D eigenvalue weighted by Gasteiger charge is 2.46. The summed E-state index contributed by atoms with van der Waals surface area (Å²) in [4.78, 5) is 12.8. The van der Waals surface area contributed by atoms with Crippen LogP contribution in [0, 0.1) is 17.1 Å². The van der Waals surface area contributed by atoms with E-state index in [-0.39, 0.29) is 0 Å². The fourth-order valence-corrected chi connectivity index (χ4v) is 2.25. The molecule has 1 aliphatic heterocycles. The maximum absolute atomic E-state index is 14.0. The van der Waals surface area contributed by atoms with E-state index in [9.17, 15) is 9.18 Å². The molecule has 2 fully saturated rings. The monoisotopic (exact) mass is 246 g/mol. The van der Waals surface area contributed by atoms with Gasteiger partial charge in [-0.15, -0.1) is 0 Å². The van der Waals surface area contributed by atoms with Crippen LogP contribution in [-0.4, -0.2) is 19.2 Å². The average Bonchev–Trinajstić information content (AvgIpc) is 3.05. The molecule has 0 unspecified atom stereocenters. The number of benzene rings is 1. The van der Waals surface area contributed by atoms with Gasteiger partial charge in [0.2, 0.25) is 0 Å². The van der Waals surface area contributed by atoms with Crippen molar-refractivity contribution in [3.63, 3.8) is 0 Å². The molecule has 2 aliphatic rings. The minimum Gasteiger partial charge on any atom is -0.447 e. The molecule has 1 heterocycles. The molecule has 5 heteroatoms. The molecule has 0 radical (unpaired) electrons. The molecule has 92 valence electrons. The van der Waals surface area contributed by atoms with Crippen LogP contribution in [0.1, 0.15) is 18.4 Å². The molecule has 4 nitrogen and oxygen atoms in total. The smallest absolute Gasteiger partial charge is 0.414 e. The molecule has 0 atom stereocenters. The third-order valence-electron chi connectivity index (χ3n) is 3.50. The van der Waals surface area contributed by atoms with Crippen LogP contribution in [0.4, 0.5) is 14.9 Å². The van der Waals surface area contributed by atoms with Gasteiger partial charge in [-0.25, -0.2) is 9.18 Å². The van der Waals surface area contributed by atoms with E-state index in [0.717, 1.165) is 0 Å². The Labute approximate surface area is 104 Å². The average molecular weight is 246 g/mol. The molecule has 1 amide bonds. The molecule has 1 aromatic rings. The predicted octanol–water partition coefficient (Wildman–Crippen LogP) is 2.34. The number of carbonyl (C=O) groups excluding carboxylic acids is 1. The van der Waals surface area contributed by atoms with Gasteiger partial charge in [0.1, 0.15) is 12.4 Å². The number of amides is 1. The second-order valence-corrected chi connectivity index (χ2v) is 4.62. The summed E-state index contributed by atoms with van der Waals surface area (Å²) in [5, 5.41) is 9.06. The number of halogens is 1. The zero-order valence-electron chi connectivity index (χ0n) is 9.65. The molecular formula is C13H11FN2O2. The minimum absolute atomic E-state index is 0.324. The summed E-state index contributed by atoms with van der Waals surface area (Å²) in [5.41, 5.74) is 0.266. The van der Waals surface area contributed by atoms with E-state index in [4.69, 9.17) is 10.00 Å². The first-order valence-corrected chi connectivity index (χ1v) is 5.82. The van der Waals surface area contributed by atoms with Gasteiger partial charge in [-0.2, -0.15) is 5.26 Å². The van der Waals surface area contributed by atoms with E-state index in [0.29, 0.717) is 37.2 Å². The van der Waals surface area contributed by atoms with Crippen LogP contribution < -0.4 is 4.90 Å². The standard InChI is InChI=1S/C13H11FN2O2/c14-11-7-9(16-5-6-18-12(16)17)1-2-10(11)13(8-15)3-4-13/h1-2,7H,3-6H2. The number of carbonyl (C=O) groups is 1. The Kier molecular flexibility index (Phi) is 2.27. The summed E-state index contributed by atoms with van der Waals surface area (Å²) in [6.45, 7) is 0.755. The molecule has 3 rings (SSSR count). The van der Waals surface area contributed by atoms with Crippen molar-refractivity contribution < 1.29 is 13.9 Å². The highest BCUT2D eigenvalue weighted by atomic mass is 19.1. The molecule has 1 aliphatic carbocycles. The number of ether oxygens (including phenoxy) is 1. The number of hydrogen-bond donors (Lipinski definition) is 0. The lowest BCUT2D eigenvalue weighted by molar-refractivity contribution is 0.181. The molecular weight excluding hydrogens is 235 g/mol. The number of anilines is 1. The van der Waals surface area contributed by atoms with E-state index in [1.165, 1.54) is 11.0 Å². The third-order valence-corrected chi connectivity index (χ3v) is 3.50. The molecule has 0 bridgehead atoms. The van der Waals surface area contributed by atoms with Crippen molar-refractivity contribution in [3.8, 4) is 6.07 Å². The Hall–Kier alpha value is -2.09. The van der Waals surface area contributed by atoms with Crippen molar-refractivity contribution in [2.75, 3.05) is 18.1 Å². The summed E-state index contributed by atoms with van der Waals surface area (Å²) in [5.74, 6) is -0.425. The van der Waals surface area contributed by atoms with Crippen LogP contribution in [0.15, 0.2) is 18.2 Å². The Morgan fingerprint density at radius 2 is 2.22 bits per heavy atom. The molecule has 1 saturated carbocycles. The zero-order valence-corrected chi connectivity index (χ0v) is 9.65. The van der Waals surface area contributed by atoms with Gasteiger partial charge in [0.05, 0.1) is 23.7 Å². The SMILES string of the molecule is N#CC1(c2ccc(N3CCOC3=O)cc2F)CC1. The Morgan fingerprint density at radius 1 is 1.44 bits per heavy atom. The van der Waals surface area contributed by atoms with Gasteiger partial charge in [0.25, 0.3) is 0 Å². The summed E-state index contributed by atoms with van der Waals surface area (Å²) >= 11 is 0. The second-order valence-electron chi connectivity index (χ2n) is 4.62. The molecule has 0 N–H and O–H groups in total. The zero-order chi connectivity index (χ0) is 12.8. The van der Waals surface area contributed by atoms with E-state index in [2.05, 4.69) is 6.07 Å². The van der Waals surface area contributed by atoms with Gasteiger partial charge in [-0.05, 0) is 25.0 Å². The molecule has 0 aromatic heterocycles. The van der Waals surface area contributed by atoms with Gasteiger partial charge >= 0.3 is 6.09 Å². The number of cyclic esters (lactones) is 1. The number of nitrogens with zero attached hydrogens (tertiary/aromatic N) is 2. The maximum Gasteiger partial charge on any atom is 0.414 e. The maximum atomic E-state index is 14.0. The highest BCUT2D eigenvalue weighted by Crippen LogP contribution is 2.48. The van der Waals surface area contributed by atoms with E-state index < -0.39 is 17.3 Å². The van der Waals surface area contributed by atoms with Crippen LogP contribution in [0.25, 0.3) is 0 Å². The lowest BCUT2D eigenvalue weighted by Gasteiger charge is -2.15. The summed E-state index contributed by atoms with van der Waals surface area (Å²) in [6.07, 6.45) is 0.945. The van der Waals surface area contributed by atoms with Gasteiger partial charge in [-0.1, -0.05) is 6.07 Å². The molecule has 1 aromatic carbocycles. The Balaban J connectivity index is 1.95. The topological polar surface area (TPSA) is 53.3 Å². The van der Waals surface area contributed by atoms with E-state index >= 15 is 0 Å². The van der Waals surface area contributed by atoms with E-state index in [1.807, 2.05) is 0 Å². The summed E-state index contributed by atoms with van der Waals surface area (Å²) in [7, 11) is 0. The van der Waals surface area contributed by atoms with Crippen molar-refractivity contribution >= 4 is 11.8 Å². The van der Waals surface area contributed by atoms with Crippen molar-refractivity contribution in [2.24, 2.45) is 0 Å². The van der Waals surface area contributed by atoms with Crippen molar-refractivity contribution in [1.29, 1.82) is 5.26 Å². The lowest BCUT2D eigenvalue weighted by Crippen LogP contribution is -2.23. The largest absolute Gasteiger partial charge is 0.447 e. The predicted molar refractivity (Wildman–Crippen MR) is 61.6 cm³/mol. The first-order valence-electron chi connectivity index (χ1n) is 5.82.